The van der Waals surface area contributed by atoms with Crippen LogP contribution in [0.4, 0.5) is 0 Å². The predicted octanol–water partition coefficient (Wildman–Crippen LogP) is 4.94. The van der Waals surface area contributed by atoms with Crippen LogP contribution in [0.1, 0.15) is 56.2 Å². The predicted molar refractivity (Wildman–Crippen MR) is 118 cm³/mol. The standard InChI is InChI=1S/C25H26N4O2/c30-22(31-17-18-4-2-1-3-5-18)14-24-7-10-25(11-8-24,12-9-24)20-15-27-21-16-28-23-19(29(20)21)6-13-26-23/h1-6,13,15-16,26H,7-12,14,17H2. The molecule has 0 aliphatic heterocycles. The van der Waals surface area contributed by atoms with E-state index in [1.165, 1.54) is 5.69 Å². The van der Waals surface area contributed by atoms with E-state index in [-0.39, 0.29) is 16.8 Å². The Labute approximate surface area is 180 Å². The number of ether oxygens (including phenoxy) is 1. The van der Waals surface area contributed by atoms with Crippen LogP contribution in [0.15, 0.2) is 55.0 Å². The molecule has 4 aromatic rings. The fourth-order valence-electron chi connectivity index (χ4n) is 5.85. The molecule has 3 aliphatic carbocycles. The van der Waals surface area contributed by atoms with Crippen molar-refractivity contribution in [2.45, 2.75) is 57.0 Å². The fraction of sp³-hybridized carbons (Fsp3) is 0.400. The van der Waals surface area contributed by atoms with Gasteiger partial charge >= 0.3 is 5.97 Å². The molecule has 3 aliphatic rings. The Morgan fingerprint density at radius 1 is 1.00 bits per heavy atom. The van der Waals surface area contributed by atoms with Crippen LogP contribution in [0.25, 0.3) is 16.8 Å². The molecule has 6 nitrogen and oxygen atoms in total. The second-order valence-electron chi connectivity index (χ2n) is 9.41. The largest absolute Gasteiger partial charge is 0.461 e. The van der Waals surface area contributed by atoms with Crippen molar-refractivity contribution in [2.24, 2.45) is 5.41 Å². The highest BCUT2D eigenvalue weighted by atomic mass is 16.5. The monoisotopic (exact) mass is 414 g/mol. The molecule has 3 fully saturated rings. The zero-order valence-corrected chi connectivity index (χ0v) is 17.5. The van der Waals surface area contributed by atoms with Crippen LogP contribution in [-0.4, -0.2) is 25.3 Å². The zero-order chi connectivity index (χ0) is 20.9. The molecule has 3 saturated carbocycles. The van der Waals surface area contributed by atoms with E-state index in [9.17, 15) is 4.79 Å². The van der Waals surface area contributed by atoms with Crippen molar-refractivity contribution in [1.82, 2.24) is 19.4 Å². The fourth-order valence-corrected chi connectivity index (χ4v) is 5.85. The summed E-state index contributed by atoms with van der Waals surface area (Å²) < 4.78 is 7.89. The van der Waals surface area contributed by atoms with Gasteiger partial charge in [-0.3, -0.25) is 9.20 Å². The van der Waals surface area contributed by atoms with Crippen molar-refractivity contribution in [3.8, 4) is 0 Å². The average Bonchev–Trinajstić information content (AvgIpc) is 3.46. The van der Waals surface area contributed by atoms with Gasteiger partial charge in [0.1, 0.15) is 6.61 Å². The van der Waals surface area contributed by atoms with Crippen molar-refractivity contribution < 1.29 is 9.53 Å². The normalized spacial score (nSPS) is 25.3. The minimum atomic E-state index is -0.0619. The first kappa shape index (κ1) is 18.6. The number of esters is 1. The number of H-pyrrole nitrogens is 1. The Morgan fingerprint density at radius 3 is 2.55 bits per heavy atom. The number of aromatic amines is 1. The van der Waals surface area contributed by atoms with Crippen LogP contribution in [-0.2, 0) is 21.6 Å². The highest BCUT2D eigenvalue weighted by Gasteiger charge is 2.51. The number of imidazole rings is 1. The molecule has 31 heavy (non-hydrogen) atoms. The molecule has 0 atom stereocenters. The molecule has 3 heterocycles. The summed E-state index contributed by atoms with van der Waals surface area (Å²) in [7, 11) is 0. The number of hydrogen-bond donors (Lipinski definition) is 1. The third kappa shape index (κ3) is 3.04. The lowest BCUT2D eigenvalue weighted by atomic mass is 9.52. The third-order valence-corrected chi connectivity index (χ3v) is 7.75. The van der Waals surface area contributed by atoms with E-state index in [1.807, 2.05) is 42.7 Å². The second kappa shape index (κ2) is 6.94. The second-order valence-corrected chi connectivity index (χ2v) is 9.41. The third-order valence-electron chi connectivity index (χ3n) is 7.75. The molecule has 2 bridgehead atoms. The summed E-state index contributed by atoms with van der Waals surface area (Å²) in [5, 5.41) is 0. The number of fused-ring (bicyclic) bond motifs is 6. The lowest BCUT2D eigenvalue weighted by Crippen LogP contribution is -2.45. The van der Waals surface area contributed by atoms with Crippen molar-refractivity contribution >= 4 is 22.8 Å². The molecule has 0 saturated heterocycles. The van der Waals surface area contributed by atoms with Crippen LogP contribution in [0.2, 0.25) is 0 Å². The maximum atomic E-state index is 12.6. The van der Waals surface area contributed by atoms with Gasteiger partial charge in [-0.25, -0.2) is 9.97 Å². The van der Waals surface area contributed by atoms with E-state index >= 15 is 0 Å². The van der Waals surface area contributed by atoms with Gasteiger partial charge in [-0.1, -0.05) is 30.3 Å². The van der Waals surface area contributed by atoms with Gasteiger partial charge in [-0.2, -0.15) is 0 Å². The molecule has 6 heteroatoms. The average molecular weight is 415 g/mol. The van der Waals surface area contributed by atoms with E-state index < -0.39 is 0 Å². The van der Waals surface area contributed by atoms with Gasteiger partial charge in [0.25, 0.3) is 0 Å². The molecule has 0 spiro atoms. The summed E-state index contributed by atoms with van der Waals surface area (Å²) in [5.74, 6) is -0.0619. The smallest absolute Gasteiger partial charge is 0.306 e. The quantitative estimate of drug-likeness (QED) is 0.470. The van der Waals surface area contributed by atoms with Crippen LogP contribution >= 0.6 is 0 Å². The first-order chi connectivity index (χ1) is 15.2. The highest BCUT2D eigenvalue weighted by molar-refractivity contribution is 5.75. The summed E-state index contributed by atoms with van der Waals surface area (Å²) in [6.45, 7) is 0.363. The van der Waals surface area contributed by atoms with E-state index in [4.69, 9.17) is 4.74 Å². The molecule has 3 aromatic heterocycles. The Kier molecular flexibility index (Phi) is 4.16. The van der Waals surface area contributed by atoms with Crippen molar-refractivity contribution in [2.75, 3.05) is 0 Å². The Morgan fingerprint density at radius 2 is 1.77 bits per heavy atom. The molecule has 1 N–H and O–H groups in total. The summed E-state index contributed by atoms with van der Waals surface area (Å²) in [4.78, 5) is 25.0. The number of benzene rings is 1. The molecule has 7 rings (SSSR count). The van der Waals surface area contributed by atoms with Crippen molar-refractivity contribution in [3.05, 3.63) is 66.2 Å². The lowest BCUT2D eigenvalue weighted by molar-refractivity contribution is -0.150. The minimum Gasteiger partial charge on any atom is -0.461 e. The molecule has 0 unspecified atom stereocenters. The Bertz CT molecular complexity index is 1230. The van der Waals surface area contributed by atoms with Gasteiger partial charge in [-0.05, 0) is 55.6 Å². The number of rotatable bonds is 5. The Hall–Kier alpha value is -3.15. The maximum Gasteiger partial charge on any atom is 0.306 e. The first-order valence-electron chi connectivity index (χ1n) is 11.2. The summed E-state index contributed by atoms with van der Waals surface area (Å²) in [6.07, 6.45) is 12.9. The topological polar surface area (TPSA) is 72.3 Å². The van der Waals surface area contributed by atoms with Gasteiger partial charge in [0, 0.05) is 23.5 Å². The molecular formula is C25H26N4O2. The molecule has 158 valence electrons. The number of nitrogens with one attached hydrogen (secondary N) is 1. The summed E-state index contributed by atoms with van der Waals surface area (Å²) in [5.41, 5.74) is 5.47. The SMILES string of the molecule is O=C(CC12CCC(c3cnc4cnc5[nH]ccc5n34)(CC1)CC2)OCc1ccccc1. The van der Waals surface area contributed by atoms with E-state index in [2.05, 4.69) is 31.6 Å². The number of hydrogen-bond acceptors (Lipinski definition) is 4. The van der Waals surface area contributed by atoms with Crippen molar-refractivity contribution in [1.29, 1.82) is 0 Å². The van der Waals surface area contributed by atoms with E-state index in [0.717, 1.165) is 60.9 Å². The van der Waals surface area contributed by atoms with E-state index in [1.54, 1.807) is 0 Å². The van der Waals surface area contributed by atoms with Gasteiger partial charge in [0.15, 0.2) is 11.3 Å². The minimum absolute atomic E-state index is 0.0619. The zero-order valence-electron chi connectivity index (χ0n) is 17.5. The first-order valence-corrected chi connectivity index (χ1v) is 11.2. The maximum absolute atomic E-state index is 12.6. The van der Waals surface area contributed by atoms with Gasteiger partial charge in [0.05, 0.1) is 18.1 Å². The number of aromatic nitrogens is 4. The molecular weight excluding hydrogens is 388 g/mol. The van der Waals surface area contributed by atoms with Gasteiger partial charge in [0.2, 0.25) is 0 Å². The molecule has 0 radical (unpaired) electrons. The number of carbonyl (C=O) groups excluding carboxylic acids is 1. The van der Waals surface area contributed by atoms with Gasteiger partial charge in [-0.15, -0.1) is 0 Å². The summed E-state index contributed by atoms with van der Waals surface area (Å²) >= 11 is 0. The Balaban J connectivity index is 1.19. The van der Waals surface area contributed by atoms with Crippen LogP contribution in [0.3, 0.4) is 0 Å². The van der Waals surface area contributed by atoms with Gasteiger partial charge < -0.3 is 9.72 Å². The highest BCUT2D eigenvalue weighted by Crippen LogP contribution is 2.59. The lowest BCUT2D eigenvalue weighted by Gasteiger charge is -2.53. The number of nitrogens with zero attached hydrogens (tertiary/aromatic N) is 3. The van der Waals surface area contributed by atoms with Crippen LogP contribution in [0, 0.1) is 5.41 Å². The van der Waals surface area contributed by atoms with Crippen LogP contribution in [0.5, 0.6) is 0 Å². The van der Waals surface area contributed by atoms with Crippen molar-refractivity contribution in [3.63, 3.8) is 0 Å². The number of carbonyl (C=O) groups is 1. The van der Waals surface area contributed by atoms with E-state index in [0.29, 0.717) is 13.0 Å². The molecule has 1 aromatic carbocycles. The molecule has 0 amide bonds. The van der Waals surface area contributed by atoms with Crippen LogP contribution < -0.4 is 0 Å². The summed E-state index contributed by atoms with van der Waals surface area (Å²) in [6, 6.07) is 12.0.